The van der Waals surface area contributed by atoms with Gasteiger partial charge in [-0.3, -0.25) is 9.78 Å². The highest BCUT2D eigenvalue weighted by Crippen LogP contribution is 2.43. The lowest BCUT2D eigenvalue weighted by atomic mass is 9.97. The summed E-state index contributed by atoms with van der Waals surface area (Å²) in [6.45, 7) is 0.604. The number of nitrogens with zero attached hydrogens (tertiary/aromatic N) is 1. The first-order valence-electron chi connectivity index (χ1n) is 10.2. The molecule has 164 valence electrons. The van der Waals surface area contributed by atoms with E-state index in [1.807, 2.05) is 30.3 Å². The molecule has 2 heterocycles. The number of hydrogen-bond donors (Lipinski definition) is 0. The Bertz CT molecular complexity index is 1350. The number of benzene rings is 2. The molecule has 0 bridgehead atoms. The fourth-order valence-corrected chi connectivity index (χ4v) is 4.07. The highest BCUT2D eigenvalue weighted by molar-refractivity contribution is 6.42. The quantitative estimate of drug-likeness (QED) is 0.280. The van der Waals surface area contributed by atoms with Crippen molar-refractivity contribution < 1.29 is 18.7 Å². The minimum atomic E-state index is -0.0771. The minimum absolute atomic E-state index is 0.0771. The van der Waals surface area contributed by atoms with Crippen LogP contribution in [0.15, 0.2) is 83.9 Å². The van der Waals surface area contributed by atoms with E-state index < -0.39 is 0 Å². The third-order valence-corrected chi connectivity index (χ3v) is 5.99. The molecule has 0 aliphatic heterocycles. The van der Waals surface area contributed by atoms with E-state index >= 15 is 0 Å². The van der Waals surface area contributed by atoms with E-state index in [0.717, 1.165) is 22.3 Å². The number of allylic oxidation sites excluding steroid dienone is 1. The number of fused-ring (bicyclic) bond motifs is 1. The zero-order valence-corrected chi connectivity index (χ0v) is 18.8. The standard InChI is InChI=1S/C26H17Cl2NO4/c27-22-6-4-19(13-23(22)28)33-11-10-32-18-3-5-20-21(12-18)26(30)25(16-2-1-8-29-14-16)24(20)17-7-9-31-15-17/h1-9,12-15H,10-11H2. The van der Waals surface area contributed by atoms with Gasteiger partial charge < -0.3 is 13.9 Å². The number of ether oxygens (including phenoxy) is 2. The molecule has 33 heavy (non-hydrogen) atoms. The van der Waals surface area contributed by atoms with Crippen molar-refractivity contribution >= 4 is 40.1 Å². The smallest absolute Gasteiger partial charge is 0.195 e. The molecule has 1 aliphatic carbocycles. The Morgan fingerprint density at radius 1 is 0.818 bits per heavy atom. The molecule has 0 saturated carbocycles. The van der Waals surface area contributed by atoms with Crippen molar-refractivity contribution in [1.82, 2.24) is 4.98 Å². The first-order valence-corrected chi connectivity index (χ1v) is 10.9. The number of hydrogen-bond acceptors (Lipinski definition) is 5. The number of Topliss-reactive ketones (excluding diaryl/α,β-unsaturated/α-hetero) is 1. The van der Waals surface area contributed by atoms with Gasteiger partial charge in [-0.1, -0.05) is 29.3 Å². The summed E-state index contributed by atoms with van der Waals surface area (Å²) in [5, 5.41) is 0.898. The van der Waals surface area contributed by atoms with Gasteiger partial charge in [0.05, 0.1) is 22.6 Å². The molecule has 2 aromatic heterocycles. The van der Waals surface area contributed by atoms with Gasteiger partial charge in [-0.15, -0.1) is 0 Å². The van der Waals surface area contributed by atoms with Gasteiger partial charge in [0.25, 0.3) is 0 Å². The molecule has 5 nitrogen and oxygen atoms in total. The predicted octanol–water partition coefficient (Wildman–Crippen LogP) is 6.59. The minimum Gasteiger partial charge on any atom is -0.490 e. The molecule has 0 N–H and O–H groups in total. The molecule has 0 amide bonds. The van der Waals surface area contributed by atoms with E-state index in [-0.39, 0.29) is 5.78 Å². The molecule has 0 unspecified atom stereocenters. The zero-order chi connectivity index (χ0) is 22.8. The molecule has 0 radical (unpaired) electrons. The zero-order valence-electron chi connectivity index (χ0n) is 17.3. The third kappa shape index (κ3) is 4.25. The number of rotatable bonds is 7. The van der Waals surface area contributed by atoms with Crippen LogP contribution in [0, 0.1) is 0 Å². The SMILES string of the molecule is O=C1C(c2cccnc2)=C(c2ccoc2)c2ccc(OCCOc3ccc(Cl)c(Cl)c3)cc21. The van der Waals surface area contributed by atoms with Crippen LogP contribution in [0.2, 0.25) is 10.0 Å². The highest BCUT2D eigenvalue weighted by atomic mass is 35.5. The summed E-state index contributed by atoms with van der Waals surface area (Å²) in [6, 6.07) is 16.1. The second-order valence-corrected chi connectivity index (χ2v) is 8.13. The number of aromatic nitrogens is 1. The van der Waals surface area contributed by atoms with Gasteiger partial charge in [0.2, 0.25) is 0 Å². The number of pyridine rings is 1. The molecular formula is C26H17Cl2NO4. The molecule has 4 aromatic rings. The van der Waals surface area contributed by atoms with Crippen LogP contribution < -0.4 is 9.47 Å². The molecule has 1 aliphatic rings. The van der Waals surface area contributed by atoms with Crippen molar-refractivity contribution in [2.24, 2.45) is 0 Å². The number of halogens is 2. The fraction of sp³-hybridized carbons (Fsp3) is 0.0769. The number of furan rings is 1. The predicted molar refractivity (Wildman–Crippen MR) is 127 cm³/mol. The average molecular weight is 478 g/mol. The molecule has 2 aromatic carbocycles. The van der Waals surface area contributed by atoms with Crippen LogP contribution in [0.3, 0.4) is 0 Å². The summed E-state index contributed by atoms with van der Waals surface area (Å²) in [4.78, 5) is 17.6. The van der Waals surface area contributed by atoms with Crippen molar-refractivity contribution in [2.45, 2.75) is 0 Å². The maximum absolute atomic E-state index is 13.4. The van der Waals surface area contributed by atoms with Gasteiger partial charge in [0.1, 0.15) is 24.7 Å². The van der Waals surface area contributed by atoms with Crippen LogP contribution in [0.1, 0.15) is 27.0 Å². The van der Waals surface area contributed by atoms with Crippen molar-refractivity contribution in [2.75, 3.05) is 13.2 Å². The van der Waals surface area contributed by atoms with E-state index in [9.17, 15) is 4.79 Å². The van der Waals surface area contributed by atoms with Gasteiger partial charge in [-0.25, -0.2) is 0 Å². The van der Waals surface area contributed by atoms with Gasteiger partial charge in [0, 0.05) is 46.3 Å². The first-order chi connectivity index (χ1) is 16.1. The Morgan fingerprint density at radius 3 is 2.30 bits per heavy atom. The lowest BCUT2D eigenvalue weighted by Crippen LogP contribution is -2.09. The maximum Gasteiger partial charge on any atom is 0.195 e. The van der Waals surface area contributed by atoms with E-state index in [1.165, 1.54) is 0 Å². The lowest BCUT2D eigenvalue weighted by molar-refractivity contribution is 0.105. The van der Waals surface area contributed by atoms with E-state index in [1.54, 1.807) is 49.2 Å². The van der Waals surface area contributed by atoms with Gasteiger partial charge in [-0.2, -0.15) is 0 Å². The van der Waals surface area contributed by atoms with Crippen molar-refractivity contribution in [3.8, 4) is 11.5 Å². The van der Waals surface area contributed by atoms with Crippen LogP contribution in [-0.4, -0.2) is 24.0 Å². The van der Waals surface area contributed by atoms with Crippen LogP contribution in [0.5, 0.6) is 11.5 Å². The second kappa shape index (κ2) is 9.14. The fourth-order valence-electron chi connectivity index (χ4n) is 3.78. The summed E-state index contributed by atoms with van der Waals surface area (Å²) in [7, 11) is 0. The summed E-state index contributed by atoms with van der Waals surface area (Å²) >= 11 is 11.9. The van der Waals surface area contributed by atoms with E-state index in [4.69, 9.17) is 37.1 Å². The van der Waals surface area contributed by atoms with E-state index in [0.29, 0.717) is 45.9 Å². The Morgan fingerprint density at radius 2 is 1.61 bits per heavy atom. The molecule has 7 heteroatoms. The highest BCUT2D eigenvalue weighted by Gasteiger charge is 2.32. The average Bonchev–Trinajstić information content (AvgIpc) is 3.46. The summed E-state index contributed by atoms with van der Waals surface area (Å²) in [5.41, 5.74) is 4.43. The Kier molecular flexibility index (Phi) is 5.90. The Balaban J connectivity index is 1.35. The number of carbonyl (C=O) groups is 1. The molecule has 5 rings (SSSR count). The molecule has 0 atom stereocenters. The van der Waals surface area contributed by atoms with Crippen LogP contribution >= 0.6 is 23.2 Å². The second-order valence-electron chi connectivity index (χ2n) is 7.31. The number of carbonyl (C=O) groups excluding carboxylic acids is 1. The van der Waals surface area contributed by atoms with Crippen LogP contribution in [-0.2, 0) is 0 Å². The van der Waals surface area contributed by atoms with Crippen molar-refractivity contribution in [3.63, 3.8) is 0 Å². The van der Waals surface area contributed by atoms with Gasteiger partial charge >= 0.3 is 0 Å². The van der Waals surface area contributed by atoms with Crippen molar-refractivity contribution in [1.29, 1.82) is 0 Å². The van der Waals surface area contributed by atoms with Crippen molar-refractivity contribution in [3.05, 3.63) is 112 Å². The van der Waals surface area contributed by atoms with Crippen LogP contribution in [0.25, 0.3) is 11.1 Å². The molecule has 0 fully saturated rings. The number of ketones is 1. The lowest BCUT2D eigenvalue weighted by Gasteiger charge is -2.10. The summed E-state index contributed by atoms with van der Waals surface area (Å²) < 4.78 is 16.8. The van der Waals surface area contributed by atoms with E-state index in [2.05, 4.69) is 4.98 Å². The monoisotopic (exact) mass is 477 g/mol. The van der Waals surface area contributed by atoms with Gasteiger partial charge in [-0.05, 0) is 48.0 Å². The Labute approximate surface area is 200 Å². The largest absolute Gasteiger partial charge is 0.490 e. The normalized spacial score (nSPS) is 12.7. The maximum atomic E-state index is 13.4. The summed E-state index contributed by atoms with van der Waals surface area (Å²) in [5.74, 6) is 1.11. The molecule has 0 spiro atoms. The van der Waals surface area contributed by atoms with Crippen LogP contribution in [0.4, 0.5) is 0 Å². The molecule has 0 saturated heterocycles. The van der Waals surface area contributed by atoms with Gasteiger partial charge in [0.15, 0.2) is 5.78 Å². The Hall–Kier alpha value is -3.54. The first kappa shape index (κ1) is 21.3. The topological polar surface area (TPSA) is 61.6 Å². The molecular weight excluding hydrogens is 461 g/mol. The third-order valence-electron chi connectivity index (χ3n) is 5.25. The summed E-state index contributed by atoms with van der Waals surface area (Å²) in [6.07, 6.45) is 6.60.